The second-order valence-corrected chi connectivity index (χ2v) is 7.13. The summed E-state index contributed by atoms with van der Waals surface area (Å²) in [4.78, 5) is 0. The number of rotatable bonds is 5. The molecule has 1 N–H and O–H groups in total. The number of aliphatic hydroxyl groups excluding tert-OH is 1. The minimum absolute atomic E-state index is 0.0285. The molecule has 1 saturated carbocycles. The molecule has 0 unspecified atom stereocenters. The van der Waals surface area contributed by atoms with Crippen molar-refractivity contribution in [3.05, 3.63) is 41.5 Å². The van der Waals surface area contributed by atoms with Crippen molar-refractivity contribution < 1.29 is 23.0 Å². The van der Waals surface area contributed by atoms with Crippen molar-refractivity contribution >= 4 is 10.8 Å². The molecule has 1 aliphatic rings. The van der Waals surface area contributed by atoms with E-state index in [0.717, 1.165) is 37.7 Å². The lowest BCUT2D eigenvalue weighted by Crippen LogP contribution is -2.25. The molecule has 5 heteroatoms. The number of aliphatic hydroxyl groups is 1. The van der Waals surface area contributed by atoms with E-state index < -0.39 is 11.7 Å². The number of benzene rings is 2. The van der Waals surface area contributed by atoms with Crippen LogP contribution in [0.5, 0.6) is 5.75 Å². The third-order valence-corrected chi connectivity index (χ3v) is 5.39. The molecule has 2 aromatic carbocycles. The van der Waals surface area contributed by atoms with Gasteiger partial charge in [0.1, 0.15) is 11.3 Å². The first-order valence-corrected chi connectivity index (χ1v) is 9.32. The Morgan fingerprint density at radius 1 is 1.08 bits per heavy atom. The molecule has 2 aromatic rings. The number of halogens is 3. The second kappa shape index (κ2) is 7.87. The molecule has 0 spiro atoms. The zero-order valence-electron chi connectivity index (χ0n) is 15.0. The molecular weight excluding hydrogens is 341 g/mol. The third kappa shape index (κ3) is 4.14. The second-order valence-electron chi connectivity index (χ2n) is 7.13. The fourth-order valence-electron chi connectivity index (χ4n) is 3.87. The van der Waals surface area contributed by atoms with Gasteiger partial charge in [-0.25, -0.2) is 0 Å². The van der Waals surface area contributed by atoms with Gasteiger partial charge in [0, 0.05) is 6.61 Å². The van der Waals surface area contributed by atoms with Crippen LogP contribution in [0.4, 0.5) is 13.2 Å². The highest BCUT2D eigenvalue weighted by Gasteiger charge is 2.37. The summed E-state index contributed by atoms with van der Waals surface area (Å²) in [6.45, 7) is 2.13. The van der Waals surface area contributed by atoms with E-state index in [4.69, 9.17) is 9.84 Å². The Bertz CT molecular complexity index is 747. The maximum Gasteiger partial charge on any atom is 0.420 e. The van der Waals surface area contributed by atoms with Crippen LogP contribution in [-0.4, -0.2) is 17.8 Å². The normalized spacial score (nSPS) is 21.1. The van der Waals surface area contributed by atoms with E-state index in [-0.39, 0.29) is 23.8 Å². The Kier molecular flexibility index (Phi) is 5.76. The zero-order chi connectivity index (χ0) is 18.7. The number of alkyl halides is 3. The topological polar surface area (TPSA) is 29.5 Å². The van der Waals surface area contributed by atoms with Crippen LogP contribution < -0.4 is 4.74 Å². The van der Waals surface area contributed by atoms with Crippen molar-refractivity contribution in [2.24, 2.45) is 5.92 Å². The average Bonchev–Trinajstić information content (AvgIpc) is 2.61. The summed E-state index contributed by atoms with van der Waals surface area (Å²) in [5.41, 5.74) is 0.128. The molecule has 0 aliphatic heterocycles. The van der Waals surface area contributed by atoms with Crippen LogP contribution in [0.25, 0.3) is 10.8 Å². The molecular formula is C21H25F3O2. The van der Waals surface area contributed by atoms with Gasteiger partial charge in [0.05, 0.1) is 6.10 Å². The summed E-state index contributed by atoms with van der Waals surface area (Å²) in [5, 5.41) is 9.71. The van der Waals surface area contributed by atoms with Crippen molar-refractivity contribution in [3.63, 3.8) is 0 Å². The van der Waals surface area contributed by atoms with Gasteiger partial charge >= 0.3 is 6.18 Å². The third-order valence-electron chi connectivity index (χ3n) is 5.39. The molecule has 0 radical (unpaired) electrons. The summed E-state index contributed by atoms with van der Waals surface area (Å²) in [7, 11) is 0. The Balaban J connectivity index is 1.93. The molecule has 26 heavy (non-hydrogen) atoms. The quantitative estimate of drug-likeness (QED) is 0.731. The molecule has 0 saturated heterocycles. The molecule has 0 heterocycles. The van der Waals surface area contributed by atoms with Gasteiger partial charge in [-0.15, -0.1) is 0 Å². The zero-order valence-corrected chi connectivity index (χ0v) is 15.0. The molecule has 3 rings (SSSR count). The summed E-state index contributed by atoms with van der Waals surface area (Å²) in [6, 6.07) is 7.96. The minimum atomic E-state index is -4.48. The van der Waals surface area contributed by atoms with Crippen LogP contribution in [0.2, 0.25) is 0 Å². The van der Waals surface area contributed by atoms with Crippen LogP contribution in [-0.2, 0) is 12.6 Å². The lowest BCUT2D eigenvalue weighted by molar-refractivity contribution is -0.138. The van der Waals surface area contributed by atoms with Crippen LogP contribution in [0.1, 0.15) is 50.2 Å². The average molecular weight is 366 g/mol. The van der Waals surface area contributed by atoms with Crippen LogP contribution in [0, 0.1) is 5.92 Å². The lowest BCUT2D eigenvalue weighted by Gasteiger charge is -2.29. The highest BCUT2D eigenvalue weighted by atomic mass is 19.4. The van der Waals surface area contributed by atoms with E-state index in [1.807, 2.05) is 0 Å². The highest BCUT2D eigenvalue weighted by molar-refractivity contribution is 5.89. The standard InChI is InChI=1S/C21H25F3O2/c1-2-14-3-7-17(8-4-14)26-19-10-6-16-13-15(11-12-25)5-9-18(16)20(19)21(22,23)24/h5-6,9-10,13-14,17,25H,2-4,7-8,11-12H2,1H3. The smallest absolute Gasteiger partial charge is 0.420 e. The van der Waals surface area contributed by atoms with Crippen LogP contribution in [0.3, 0.4) is 0 Å². The maximum atomic E-state index is 13.8. The molecule has 2 nitrogen and oxygen atoms in total. The van der Waals surface area contributed by atoms with Gasteiger partial charge < -0.3 is 9.84 Å². The predicted molar refractivity (Wildman–Crippen MR) is 96.4 cm³/mol. The Hall–Kier alpha value is -1.75. The highest BCUT2D eigenvalue weighted by Crippen LogP contribution is 2.42. The molecule has 0 aromatic heterocycles. The first-order chi connectivity index (χ1) is 12.4. The summed E-state index contributed by atoms with van der Waals surface area (Å²) < 4.78 is 47.2. The van der Waals surface area contributed by atoms with E-state index in [1.165, 1.54) is 12.1 Å². The maximum absolute atomic E-state index is 13.8. The van der Waals surface area contributed by atoms with Crippen molar-refractivity contribution in [2.75, 3.05) is 6.61 Å². The van der Waals surface area contributed by atoms with E-state index in [2.05, 4.69) is 6.92 Å². The Labute approximate surface area is 152 Å². The molecule has 1 aliphatic carbocycles. The molecule has 142 valence electrons. The van der Waals surface area contributed by atoms with E-state index in [9.17, 15) is 13.2 Å². The van der Waals surface area contributed by atoms with Gasteiger partial charge in [-0.2, -0.15) is 13.2 Å². The predicted octanol–water partition coefficient (Wildman–Crippen LogP) is 5.74. The lowest BCUT2D eigenvalue weighted by atomic mass is 9.86. The molecule has 1 fully saturated rings. The molecule has 0 amide bonds. The fourth-order valence-corrected chi connectivity index (χ4v) is 3.87. The van der Waals surface area contributed by atoms with Crippen LogP contribution in [0.15, 0.2) is 30.3 Å². The van der Waals surface area contributed by atoms with Gasteiger partial charge in [0.2, 0.25) is 0 Å². The number of hydrogen-bond acceptors (Lipinski definition) is 2. The van der Waals surface area contributed by atoms with E-state index >= 15 is 0 Å². The van der Waals surface area contributed by atoms with Gasteiger partial charge in [0.25, 0.3) is 0 Å². The molecule has 0 atom stereocenters. The number of ether oxygens (including phenoxy) is 1. The van der Waals surface area contributed by atoms with E-state index in [0.29, 0.717) is 17.7 Å². The summed E-state index contributed by atoms with van der Waals surface area (Å²) in [5.74, 6) is 0.596. The van der Waals surface area contributed by atoms with Gasteiger partial charge in [0.15, 0.2) is 0 Å². The van der Waals surface area contributed by atoms with Crippen molar-refractivity contribution in [2.45, 2.75) is 57.7 Å². The largest absolute Gasteiger partial charge is 0.490 e. The summed E-state index contributed by atoms with van der Waals surface area (Å²) in [6.07, 6.45) is 0.565. The Morgan fingerprint density at radius 3 is 2.42 bits per heavy atom. The minimum Gasteiger partial charge on any atom is -0.490 e. The van der Waals surface area contributed by atoms with Gasteiger partial charge in [-0.05, 0) is 60.4 Å². The van der Waals surface area contributed by atoms with Crippen molar-refractivity contribution in [3.8, 4) is 5.75 Å². The number of hydrogen-bond donors (Lipinski definition) is 1. The van der Waals surface area contributed by atoms with Crippen LogP contribution >= 0.6 is 0 Å². The molecule has 0 bridgehead atoms. The SMILES string of the molecule is CCC1CCC(Oc2ccc3cc(CCO)ccc3c2C(F)(F)F)CC1. The first kappa shape index (κ1) is 19.0. The summed E-state index contributed by atoms with van der Waals surface area (Å²) >= 11 is 0. The fraction of sp³-hybridized carbons (Fsp3) is 0.524. The van der Waals surface area contributed by atoms with Crippen molar-refractivity contribution in [1.29, 1.82) is 0 Å². The van der Waals surface area contributed by atoms with E-state index in [1.54, 1.807) is 18.2 Å². The van der Waals surface area contributed by atoms with Crippen molar-refractivity contribution in [1.82, 2.24) is 0 Å². The Morgan fingerprint density at radius 2 is 1.81 bits per heavy atom. The first-order valence-electron chi connectivity index (χ1n) is 9.32. The van der Waals surface area contributed by atoms with Gasteiger partial charge in [-0.1, -0.05) is 37.6 Å². The monoisotopic (exact) mass is 366 g/mol. The van der Waals surface area contributed by atoms with Gasteiger partial charge in [-0.3, -0.25) is 0 Å². The number of fused-ring (bicyclic) bond motifs is 1.